The molecule has 0 bridgehead atoms. The first-order chi connectivity index (χ1) is 16.9. The van der Waals surface area contributed by atoms with Crippen LogP contribution in [0.4, 0.5) is 11.4 Å². The minimum absolute atomic E-state index is 0.0682. The molecule has 0 spiro atoms. The van der Waals surface area contributed by atoms with Crippen LogP contribution in [-0.2, 0) is 4.79 Å². The fourth-order valence-electron chi connectivity index (χ4n) is 3.18. The lowest BCUT2D eigenvalue weighted by Crippen LogP contribution is -2.22. The highest BCUT2D eigenvalue weighted by molar-refractivity contribution is 8.00. The number of hydrogen-bond acceptors (Lipinski definition) is 5. The Labute approximate surface area is 208 Å². The van der Waals surface area contributed by atoms with Gasteiger partial charge in [-0.15, -0.1) is 11.8 Å². The molecule has 3 rings (SSSR count). The number of ether oxygens (including phenoxy) is 1. The van der Waals surface area contributed by atoms with Crippen molar-refractivity contribution in [1.29, 1.82) is 0 Å². The zero-order valence-corrected chi connectivity index (χ0v) is 20.4. The summed E-state index contributed by atoms with van der Waals surface area (Å²) in [6.45, 7) is 4.58. The molecule has 0 saturated heterocycles. The van der Waals surface area contributed by atoms with Gasteiger partial charge < -0.3 is 20.5 Å². The van der Waals surface area contributed by atoms with E-state index in [0.29, 0.717) is 18.0 Å². The number of rotatable bonds is 11. The summed E-state index contributed by atoms with van der Waals surface area (Å²) in [5.41, 5.74) is 1.20. The quantitative estimate of drug-likeness (QED) is 0.226. The van der Waals surface area contributed by atoms with Crippen molar-refractivity contribution >= 4 is 40.9 Å². The third kappa shape index (κ3) is 7.61. The standard InChI is InChI=1S/C27H28N2O5S/c1-3-4-16-34-21-14-12-19(13-15-21)28-25(30)18(2)35-22-9-7-8-20(17-22)29-26(31)23-10-5-6-11-24(23)27(32)33/h5-15,17-18H,3-4,16H2,1-2H3,(H,28,30)(H,29,31)(H,32,33). The summed E-state index contributed by atoms with van der Waals surface area (Å²) in [4.78, 5) is 37.5. The summed E-state index contributed by atoms with van der Waals surface area (Å²) in [6.07, 6.45) is 2.06. The molecule has 7 nitrogen and oxygen atoms in total. The molecule has 0 aromatic heterocycles. The summed E-state index contributed by atoms with van der Waals surface area (Å²) in [5, 5.41) is 14.5. The minimum atomic E-state index is -1.17. The number of thioether (sulfide) groups is 1. The van der Waals surface area contributed by atoms with Gasteiger partial charge in [0.1, 0.15) is 5.75 Å². The molecule has 3 aromatic rings. The number of carbonyl (C=O) groups excluding carboxylic acids is 2. The van der Waals surface area contributed by atoms with E-state index in [4.69, 9.17) is 4.74 Å². The maximum absolute atomic E-state index is 12.7. The Balaban J connectivity index is 1.58. The minimum Gasteiger partial charge on any atom is -0.494 e. The van der Waals surface area contributed by atoms with Crippen molar-refractivity contribution in [3.63, 3.8) is 0 Å². The van der Waals surface area contributed by atoms with Crippen LogP contribution in [0.25, 0.3) is 0 Å². The van der Waals surface area contributed by atoms with Crippen molar-refractivity contribution in [2.24, 2.45) is 0 Å². The molecule has 0 heterocycles. The lowest BCUT2D eigenvalue weighted by atomic mass is 10.1. The van der Waals surface area contributed by atoms with E-state index in [1.165, 1.54) is 23.9 Å². The van der Waals surface area contributed by atoms with Gasteiger partial charge in [0.25, 0.3) is 5.91 Å². The topological polar surface area (TPSA) is 105 Å². The van der Waals surface area contributed by atoms with Gasteiger partial charge in [-0.05, 0) is 67.9 Å². The van der Waals surface area contributed by atoms with Crippen LogP contribution in [0.5, 0.6) is 5.75 Å². The Hall–Kier alpha value is -3.78. The molecule has 8 heteroatoms. The van der Waals surface area contributed by atoms with E-state index in [-0.39, 0.29) is 17.0 Å². The first kappa shape index (κ1) is 25.8. The van der Waals surface area contributed by atoms with Gasteiger partial charge in [-0.3, -0.25) is 9.59 Å². The zero-order valence-electron chi connectivity index (χ0n) is 19.6. The molecule has 0 aliphatic carbocycles. The summed E-state index contributed by atoms with van der Waals surface area (Å²) in [5.74, 6) is -1.07. The number of carboxylic acids is 1. The van der Waals surface area contributed by atoms with Gasteiger partial charge in [-0.25, -0.2) is 4.79 Å². The molecule has 182 valence electrons. The molecular formula is C27H28N2O5S. The molecule has 0 aliphatic rings. The number of unbranched alkanes of at least 4 members (excludes halogenated alkanes) is 1. The van der Waals surface area contributed by atoms with E-state index in [2.05, 4.69) is 17.6 Å². The van der Waals surface area contributed by atoms with E-state index in [0.717, 1.165) is 23.5 Å². The number of amides is 2. The van der Waals surface area contributed by atoms with Gasteiger partial charge in [0, 0.05) is 16.3 Å². The van der Waals surface area contributed by atoms with Crippen molar-refractivity contribution in [2.45, 2.75) is 36.8 Å². The molecule has 1 unspecified atom stereocenters. The van der Waals surface area contributed by atoms with Crippen LogP contribution >= 0.6 is 11.8 Å². The van der Waals surface area contributed by atoms with Gasteiger partial charge in [0.05, 0.1) is 23.0 Å². The number of aromatic carboxylic acids is 1. The fraction of sp³-hybridized carbons (Fsp3) is 0.222. The molecule has 0 saturated carbocycles. The van der Waals surface area contributed by atoms with Gasteiger partial charge in [0.2, 0.25) is 5.91 Å². The van der Waals surface area contributed by atoms with Crippen molar-refractivity contribution in [1.82, 2.24) is 0 Å². The third-order valence-corrected chi connectivity index (χ3v) is 6.16. The number of benzene rings is 3. The highest BCUT2D eigenvalue weighted by atomic mass is 32.2. The molecular weight excluding hydrogens is 464 g/mol. The van der Waals surface area contributed by atoms with Crippen molar-refractivity contribution in [3.05, 3.63) is 83.9 Å². The first-order valence-electron chi connectivity index (χ1n) is 11.3. The van der Waals surface area contributed by atoms with Crippen LogP contribution in [0, 0.1) is 0 Å². The lowest BCUT2D eigenvalue weighted by molar-refractivity contribution is -0.115. The average molecular weight is 493 g/mol. The highest BCUT2D eigenvalue weighted by Gasteiger charge is 2.17. The molecule has 0 radical (unpaired) electrons. The Kier molecular flexibility index (Phi) is 9.31. The van der Waals surface area contributed by atoms with Crippen molar-refractivity contribution in [2.75, 3.05) is 17.2 Å². The number of carboxylic acid groups (broad SMARTS) is 1. The summed E-state index contributed by atoms with van der Waals surface area (Å²) >= 11 is 1.35. The summed E-state index contributed by atoms with van der Waals surface area (Å²) < 4.78 is 5.64. The maximum atomic E-state index is 12.7. The predicted molar refractivity (Wildman–Crippen MR) is 139 cm³/mol. The number of hydrogen-bond donors (Lipinski definition) is 3. The second-order valence-corrected chi connectivity index (χ2v) is 9.22. The Morgan fingerprint density at radius 3 is 2.31 bits per heavy atom. The summed E-state index contributed by atoms with van der Waals surface area (Å²) in [7, 11) is 0. The van der Waals surface area contributed by atoms with Crippen molar-refractivity contribution in [3.8, 4) is 5.75 Å². The van der Waals surface area contributed by atoms with Gasteiger partial charge in [-0.2, -0.15) is 0 Å². The monoisotopic (exact) mass is 492 g/mol. The van der Waals surface area contributed by atoms with Gasteiger partial charge >= 0.3 is 5.97 Å². The molecule has 3 aromatic carbocycles. The van der Waals surface area contributed by atoms with Crippen LogP contribution in [-0.4, -0.2) is 34.7 Å². The molecule has 2 amide bonds. The van der Waals surface area contributed by atoms with Crippen LogP contribution < -0.4 is 15.4 Å². The molecule has 0 aliphatic heterocycles. The van der Waals surface area contributed by atoms with E-state index in [1.54, 1.807) is 37.3 Å². The van der Waals surface area contributed by atoms with Gasteiger partial charge in [0.15, 0.2) is 0 Å². The second-order valence-electron chi connectivity index (χ2n) is 7.81. The van der Waals surface area contributed by atoms with Crippen LogP contribution in [0.1, 0.15) is 47.4 Å². The first-order valence-corrected chi connectivity index (χ1v) is 12.2. The number of nitrogens with one attached hydrogen (secondary N) is 2. The van der Waals surface area contributed by atoms with Crippen LogP contribution in [0.2, 0.25) is 0 Å². The number of anilines is 2. The Morgan fingerprint density at radius 2 is 1.63 bits per heavy atom. The molecule has 0 fully saturated rings. The van der Waals surface area contributed by atoms with E-state index in [9.17, 15) is 19.5 Å². The molecule has 1 atom stereocenters. The normalized spacial score (nSPS) is 11.4. The third-order valence-electron chi connectivity index (χ3n) is 5.06. The largest absolute Gasteiger partial charge is 0.494 e. The Bertz CT molecular complexity index is 1180. The Morgan fingerprint density at radius 1 is 0.914 bits per heavy atom. The molecule has 3 N–H and O–H groups in total. The predicted octanol–water partition coefficient (Wildman–Crippen LogP) is 5.94. The van der Waals surface area contributed by atoms with E-state index < -0.39 is 17.1 Å². The van der Waals surface area contributed by atoms with Gasteiger partial charge in [-0.1, -0.05) is 31.5 Å². The van der Waals surface area contributed by atoms with E-state index in [1.807, 2.05) is 30.3 Å². The highest BCUT2D eigenvalue weighted by Crippen LogP contribution is 2.27. The fourth-order valence-corrected chi connectivity index (χ4v) is 4.11. The summed E-state index contributed by atoms with van der Waals surface area (Å²) in [6, 6.07) is 20.4. The smallest absolute Gasteiger partial charge is 0.336 e. The van der Waals surface area contributed by atoms with Crippen LogP contribution in [0.3, 0.4) is 0 Å². The zero-order chi connectivity index (χ0) is 25.2. The number of carbonyl (C=O) groups is 3. The SMILES string of the molecule is CCCCOc1ccc(NC(=O)C(C)Sc2cccc(NC(=O)c3ccccc3C(=O)O)c2)cc1. The maximum Gasteiger partial charge on any atom is 0.336 e. The van der Waals surface area contributed by atoms with Crippen molar-refractivity contribution < 1.29 is 24.2 Å². The lowest BCUT2D eigenvalue weighted by Gasteiger charge is -2.14. The molecule has 35 heavy (non-hydrogen) atoms. The van der Waals surface area contributed by atoms with E-state index >= 15 is 0 Å². The second kappa shape index (κ2) is 12.6. The average Bonchev–Trinajstić information content (AvgIpc) is 2.85. The van der Waals surface area contributed by atoms with Crippen LogP contribution in [0.15, 0.2) is 77.7 Å².